The van der Waals surface area contributed by atoms with E-state index in [1.807, 2.05) is 22.7 Å². The Morgan fingerprint density at radius 1 is 1.17 bits per heavy atom. The zero-order valence-corrected chi connectivity index (χ0v) is 16.8. The van der Waals surface area contributed by atoms with Crippen LogP contribution in [0.2, 0.25) is 0 Å². The first-order chi connectivity index (χ1) is 15.4. The predicted octanol–water partition coefficient (Wildman–Crippen LogP) is 2.39. The van der Waals surface area contributed by atoms with Crippen molar-refractivity contribution in [2.75, 3.05) is 45.1 Å². The van der Waals surface area contributed by atoms with Crippen LogP contribution in [0.3, 0.4) is 0 Å². The highest BCUT2D eigenvalue weighted by Crippen LogP contribution is 2.32. The molecule has 0 N–H and O–H groups in total. The summed E-state index contributed by atoms with van der Waals surface area (Å²) in [4.78, 5) is 20.2. The minimum atomic E-state index is -2.04. The Balaban J connectivity index is 1.34. The lowest BCUT2D eigenvalue weighted by atomic mass is 9.91. The number of piperazine rings is 1. The van der Waals surface area contributed by atoms with E-state index < -0.39 is 6.98 Å². The molecule has 0 radical (unpaired) electrons. The lowest BCUT2D eigenvalue weighted by molar-refractivity contribution is 0.206. The number of anilines is 1. The van der Waals surface area contributed by atoms with Gasteiger partial charge in [-0.1, -0.05) is 6.07 Å². The molecule has 1 fully saturated rings. The molecule has 152 valence electrons. The maximum Gasteiger partial charge on any atom is 0.211 e. The van der Waals surface area contributed by atoms with Crippen LogP contribution in [0.5, 0.6) is 0 Å². The standard InChI is InChI=1S/C22H29N7/c1-26-11-13-28(14-12-26)22-24-10-8-20-25-18(16-29(20)22)15-27(2)19-7-3-5-17-6-4-9-23-21(17)19/h4,6,8-10,16,19H,3,5,7,11-15H2,1-2H3/t19-/m0/s1/i1D3. The molecule has 1 aliphatic heterocycles. The van der Waals surface area contributed by atoms with E-state index in [4.69, 9.17) is 9.10 Å². The Kier molecular flexibility index (Phi) is 4.09. The smallest absolute Gasteiger partial charge is 0.211 e. The van der Waals surface area contributed by atoms with Crippen LogP contribution in [0.4, 0.5) is 5.95 Å². The summed E-state index contributed by atoms with van der Waals surface area (Å²) in [6.07, 6.45) is 9.12. The van der Waals surface area contributed by atoms with Crippen molar-refractivity contribution in [3.63, 3.8) is 0 Å². The van der Waals surface area contributed by atoms with Gasteiger partial charge in [0.1, 0.15) is 5.65 Å². The van der Waals surface area contributed by atoms with Crippen LogP contribution < -0.4 is 4.90 Å². The molecular formula is C22H29N7. The minimum Gasteiger partial charge on any atom is -0.339 e. The monoisotopic (exact) mass is 394 g/mol. The number of imidazole rings is 1. The summed E-state index contributed by atoms with van der Waals surface area (Å²) in [5.74, 6) is 0.818. The second-order valence-corrected chi connectivity index (χ2v) is 8.05. The fraction of sp³-hybridized carbons (Fsp3) is 0.500. The minimum absolute atomic E-state index is 0.301. The van der Waals surface area contributed by atoms with Gasteiger partial charge in [0.15, 0.2) is 0 Å². The van der Waals surface area contributed by atoms with E-state index in [-0.39, 0.29) is 0 Å². The topological polar surface area (TPSA) is 52.8 Å². The molecule has 1 aliphatic carbocycles. The van der Waals surface area contributed by atoms with E-state index in [2.05, 4.69) is 39.1 Å². The van der Waals surface area contributed by atoms with Crippen LogP contribution in [0.25, 0.3) is 5.65 Å². The molecule has 5 rings (SSSR count). The Morgan fingerprint density at radius 3 is 2.93 bits per heavy atom. The largest absolute Gasteiger partial charge is 0.339 e. The van der Waals surface area contributed by atoms with Crippen molar-refractivity contribution >= 4 is 11.6 Å². The van der Waals surface area contributed by atoms with E-state index in [1.165, 1.54) is 17.7 Å². The molecule has 4 heterocycles. The van der Waals surface area contributed by atoms with E-state index in [0.29, 0.717) is 32.2 Å². The summed E-state index contributed by atoms with van der Waals surface area (Å²) in [5.41, 5.74) is 4.40. The Morgan fingerprint density at radius 2 is 2.07 bits per heavy atom. The molecule has 2 aliphatic rings. The first-order valence-electron chi connectivity index (χ1n) is 11.9. The summed E-state index contributed by atoms with van der Waals surface area (Å²) in [6.45, 7) is 0.935. The average Bonchev–Trinajstić information content (AvgIpc) is 3.20. The van der Waals surface area contributed by atoms with Gasteiger partial charge in [-0.05, 0) is 51.0 Å². The Bertz CT molecular complexity index is 1090. The fourth-order valence-corrected chi connectivity index (χ4v) is 4.55. The third kappa shape index (κ3) is 3.60. The molecule has 3 aromatic rings. The van der Waals surface area contributed by atoms with Crippen molar-refractivity contribution in [3.05, 3.63) is 53.7 Å². The van der Waals surface area contributed by atoms with Crippen LogP contribution in [0, 0.1) is 0 Å². The number of nitrogens with zero attached hydrogens (tertiary/aromatic N) is 7. The lowest BCUT2D eigenvalue weighted by Gasteiger charge is -2.33. The summed E-state index contributed by atoms with van der Waals surface area (Å²) < 4.78 is 24.9. The van der Waals surface area contributed by atoms with Crippen LogP contribution in [0.1, 0.15) is 39.9 Å². The van der Waals surface area contributed by atoms with Crippen molar-refractivity contribution in [1.29, 1.82) is 0 Å². The van der Waals surface area contributed by atoms with Crippen molar-refractivity contribution in [2.24, 2.45) is 0 Å². The van der Waals surface area contributed by atoms with Crippen molar-refractivity contribution in [3.8, 4) is 0 Å². The number of hydrogen-bond donors (Lipinski definition) is 0. The van der Waals surface area contributed by atoms with Gasteiger partial charge < -0.3 is 9.80 Å². The molecule has 0 saturated carbocycles. The highest BCUT2D eigenvalue weighted by molar-refractivity contribution is 5.48. The van der Waals surface area contributed by atoms with Crippen LogP contribution in [-0.4, -0.2) is 69.4 Å². The molecule has 3 aromatic heterocycles. The summed E-state index contributed by atoms with van der Waals surface area (Å²) in [5, 5.41) is 0. The summed E-state index contributed by atoms with van der Waals surface area (Å²) in [6, 6.07) is 6.44. The first-order valence-corrected chi connectivity index (χ1v) is 10.4. The van der Waals surface area contributed by atoms with E-state index in [1.54, 1.807) is 11.1 Å². The molecule has 29 heavy (non-hydrogen) atoms. The van der Waals surface area contributed by atoms with Gasteiger partial charge in [0, 0.05) is 55.4 Å². The second kappa shape index (κ2) is 7.72. The molecule has 0 spiro atoms. The zero-order valence-electron chi connectivity index (χ0n) is 19.8. The molecule has 0 amide bonds. The quantitative estimate of drug-likeness (QED) is 0.677. The van der Waals surface area contributed by atoms with Crippen LogP contribution in [0.15, 0.2) is 36.8 Å². The fourth-order valence-electron chi connectivity index (χ4n) is 4.55. The molecule has 1 saturated heterocycles. The number of aromatic nitrogens is 4. The predicted molar refractivity (Wildman–Crippen MR) is 114 cm³/mol. The molecule has 0 aromatic carbocycles. The second-order valence-electron chi connectivity index (χ2n) is 8.05. The Hall–Kier alpha value is -2.51. The van der Waals surface area contributed by atoms with E-state index in [9.17, 15) is 0 Å². The van der Waals surface area contributed by atoms with Gasteiger partial charge in [-0.2, -0.15) is 0 Å². The van der Waals surface area contributed by atoms with E-state index >= 15 is 0 Å². The zero-order chi connectivity index (χ0) is 22.3. The molecule has 7 nitrogen and oxygen atoms in total. The first kappa shape index (κ1) is 15.3. The van der Waals surface area contributed by atoms with Gasteiger partial charge in [-0.25, -0.2) is 9.97 Å². The summed E-state index contributed by atoms with van der Waals surface area (Å²) in [7, 11) is 2.14. The number of fused-ring (bicyclic) bond motifs is 2. The van der Waals surface area contributed by atoms with E-state index in [0.717, 1.165) is 36.7 Å². The SMILES string of the molecule is [2H]C([2H])([2H])N1CCN(c2nccc3nc(CN(C)[C@H]4CCCc5cccnc54)cn23)CC1. The average molecular weight is 395 g/mol. The normalized spacial score (nSPS) is 22.3. The molecule has 1 atom stereocenters. The lowest BCUT2D eigenvalue weighted by Crippen LogP contribution is -2.45. The highest BCUT2D eigenvalue weighted by atomic mass is 15.3. The highest BCUT2D eigenvalue weighted by Gasteiger charge is 2.25. The summed E-state index contributed by atoms with van der Waals surface area (Å²) >= 11 is 0. The molecule has 0 bridgehead atoms. The molecule has 7 heteroatoms. The van der Waals surface area contributed by atoms with Crippen LogP contribution >= 0.6 is 0 Å². The van der Waals surface area contributed by atoms with Gasteiger partial charge in [-0.15, -0.1) is 0 Å². The van der Waals surface area contributed by atoms with Crippen molar-refractivity contribution in [2.45, 2.75) is 31.8 Å². The number of aryl methyl sites for hydroxylation is 1. The number of likely N-dealkylation sites (N-methyl/N-ethyl adjacent to an activating group) is 1. The van der Waals surface area contributed by atoms with Crippen molar-refractivity contribution in [1.82, 2.24) is 29.2 Å². The number of pyridine rings is 1. The van der Waals surface area contributed by atoms with Gasteiger partial charge in [0.2, 0.25) is 5.95 Å². The number of hydrogen-bond acceptors (Lipinski definition) is 6. The van der Waals surface area contributed by atoms with Gasteiger partial charge in [-0.3, -0.25) is 14.3 Å². The van der Waals surface area contributed by atoms with Gasteiger partial charge in [0.25, 0.3) is 0 Å². The third-order valence-corrected chi connectivity index (χ3v) is 6.08. The van der Waals surface area contributed by atoms with Gasteiger partial charge in [0.05, 0.1) is 17.4 Å². The van der Waals surface area contributed by atoms with Gasteiger partial charge >= 0.3 is 0 Å². The Labute approximate surface area is 176 Å². The molecule has 0 unspecified atom stereocenters. The maximum absolute atomic E-state index is 7.63. The van der Waals surface area contributed by atoms with Crippen molar-refractivity contribution < 1.29 is 4.11 Å². The van der Waals surface area contributed by atoms with Crippen LogP contribution in [-0.2, 0) is 13.0 Å². The number of rotatable bonds is 4. The molecular weight excluding hydrogens is 362 g/mol. The maximum atomic E-state index is 7.63. The third-order valence-electron chi connectivity index (χ3n) is 6.08.